The number of nitrogens with one attached hydrogen (secondary N) is 1. The molecule has 0 radical (unpaired) electrons. The van der Waals surface area contributed by atoms with Gasteiger partial charge in [-0.25, -0.2) is 4.98 Å². The minimum Gasteiger partial charge on any atom is -0.493 e. The van der Waals surface area contributed by atoms with E-state index in [0.717, 1.165) is 17.7 Å². The van der Waals surface area contributed by atoms with Gasteiger partial charge in [-0.05, 0) is 42.9 Å². The lowest BCUT2D eigenvalue weighted by Crippen LogP contribution is -2.23. The van der Waals surface area contributed by atoms with Crippen LogP contribution in [0.25, 0.3) is 11.3 Å². The van der Waals surface area contributed by atoms with Crippen molar-refractivity contribution < 1.29 is 14.3 Å². The zero-order valence-electron chi connectivity index (χ0n) is 13.8. The van der Waals surface area contributed by atoms with Crippen molar-refractivity contribution in [2.75, 3.05) is 19.5 Å². The maximum atomic E-state index is 12.3. The first-order chi connectivity index (χ1) is 11.6. The first kappa shape index (κ1) is 15.4. The minimum atomic E-state index is 0.128. The van der Waals surface area contributed by atoms with E-state index in [9.17, 15) is 4.79 Å². The Balaban J connectivity index is 1.47. The molecule has 126 valence electrons. The summed E-state index contributed by atoms with van der Waals surface area (Å²) in [6.07, 6.45) is 4.73. The molecule has 2 saturated carbocycles. The highest BCUT2D eigenvalue weighted by Gasteiger charge is 2.60. The number of thiazole rings is 1. The number of hydrogen-bond donors (Lipinski definition) is 1. The monoisotopic (exact) mass is 344 g/mol. The molecule has 4 rings (SSSR count). The molecule has 6 heteroatoms. The number of aromatic nitrogens is 1. The predicted octanol–water partition coefficient (Wildman–Crippen LogP) is 3.96. The molecule has 24 heavy (non-hydrogen) atoms. The predicted molar refractivity (Wildman–Crippen MR) is 93.7 cm³/mol. The molecular formula is C18H20N2O3S. The number of carbonyl (C=O) groups is 1. The summed E-state index contributed by atoms with van der Waals surface area (Å²) in [4.78, 5) is 16.9. The van der Waals surface area contributed by atoms with Gasteiger partial charge < -0.3 is 14.8 Å². The number of ether oxygens (including phenoxy) is 2. The molecule has 2 aliphatic carbocycles. The third-order valence-electron chi connectivity index (χ3n) is 5.27. The van der Waals surface area contributed by atoms with Crippen LogP contribution in [0.15, 0.2) is 23.6 Å². The topological polar surface area (TPSA) is 60.5 Å². The van der Waals surface area contributed by atoms with Crippen molar-refractivity contribution in [1.82, 2.24) is 4.98 Å². The van der Waals surface area contributed by atoms with Gasteiger partial charge in [-0.1, -0.05) is 6.42 Å². The highest BCUT2D eigenvalue weighted by molar-refractivity contribution is 7.14. The summed E-state index contributed by atoms with van der Waals surface area (Å²) < 4.78 is 10.6. The zero-order valence-corrected chi connectivity index (χ0v) is 14.6. The molecule has 1 aromatic carbocycles. The molecule has 1 atom stereocenters. The number of rotatable bonds is 5. The maximum absolute atomic E-state index is 12.3. The van der Waals surface area contributed by atoms with Crippen LogP contribution in [0.1, 0.15) is 25.7 Å². The van der Waals surface area contributed by atoms with Gasteiger partial charge >= 0.3 is 0 Å². The molecule has 5 nitrogen and oxygen atoms in total. The smallest absolute Gasteiger partial charge is 0.229 e. The van der Waals surface area contributed by atoms with Crippen LogP contribution in [-0.2, 0) is 4.79 Å². The second kappa shape index (κ2) is 5.77. The van der Waals surface area contributed by atoms with Gasteiger partial charge in [-0.15, -0.1) is 11.3 Å². The van der Waals surface area contributed by atoms with Crippen LogP contribution in [0.5, 0.6) is 11.5 Å². The minimum absolute atomic E-state index is 0.128. The molecule has 1 aromatic heterocycles. The third kappa shape index (κ3) is 2.55. The Hall–Kier alpha value is -2.08. The van der Waals surface area contributed by atoms with Crippen LogP contribution < -0.4 is 14.8 Å². The van der Waals surface area contributed by atoms with E-state index in [-0.39, 0.29) is 11.8 Å². The van der Waals surface area contributed by atoms with Crippen molar-refractivity contribution in [1.29, 1.82) is 0 Å². The number of carbonyl (C=O) groups excluding carboxylic acids is 1. The molecule has 1 N–H and O–H groups in total. The van der Waals surface area contributed by atoms with E-state index in [1.54, 1.807) is 14.2 Å². The highest BCUT2D eigenvalue weighted by Crippen LogP contribution is 2.65. The lowest BCUT2D eigenvalue weighted by molar-refractivity contribution is -0.118. The van der Waals surface area contributed by atoms with Crippen molar-refractivity contribution in [3.63, 3.8) is 0 Å². The second-order valence-electron chi connectivity index (χ2n) is 6.57. The second-order valence-corrected chi connectivity index (χ2v) is 7.43. The number of nitrogens with zero attached hydrogens (tertiary/aromatic N) is 1. The SMILES string of the molecule is COc1ccc(-c2csc(NC(=O)C3CC34CCC4)n2)cc1OC. The van der Waals surface area contributed by atoms with Crippen LogP contribution >= 0.6 is 11.3 Å². The molecule has 0 bridgehead atoms. The Bertz CT molecular complexity index is 782. The number of anilines is 1. The fourth-order valence-corrected chi connectivity index (χ4v) is 4.28. The van der Waals surface area contributed by atoms with E-state index < -0.39 is 0 Å². The average Bonchev–Trinajstić information content (AvgIpc) is 3.20. The van der Waals surface area contributed by atoms with Crippen molar-refractivity contribution in [2.45, 2.75) is 25.7 Å². The Morgan fingerprint density at radius 3 is 2.71 bits per heavy atom. The number of hydrogen-bond acceptors (Lipinski definition) is 5. The van der Waals surface area contributed by atoms with E-state index in [1.165, 1.54) is 30.6 Å². The molecule has 1 unspecified atom stereocenters. The van der Waals surface area contributed by atoms with Crippen LogP contribution in [0.4, 0.5) is 5.13 Å². The van der Waals surface area contributed by atoms with Gasteiger partial charge in [0.2, 0.25) is 5.91 Å². The van der Waals surface area contributed by atoms with Crippen LogP contribution in [-0.4, -0.2) is 25.1 Å². The van der Waals surface area contributed by atoms with E-state index in [0.29, 0.717) is 22.0 Å². The van der Waals surface area contributed by atoms with Crippen molar-refractivity contribution in [3.05, 3.63) is 23.6 Å². The van der Waals surface area contributed by atoms with Gasteiger partial charge in [-0.3, -0.25) is 4.79 Å². The van der Waals surface area contributed by atoms with E-state index in [2.05, 4.69) is 10.3 Å². The van der Waals surface area contributed by atoms with Gasteiger partial charge in [-0.2, -0.15) is 0 Å². The average molecular weight is 344 g/mol. The van der Waals surface area contributed by atoms with E-state index >= 15 is 0 Å². The van der Waals surface area contributed by atoms with Gasteiger partial charge in [0, 0.05) is 16.9 Å². The summed E-state index contributed by atoms with van der Waals surface area (Å²) in [6, 6.07) is 5.69. The lowest BCUT2D eigenvalue weighted by atomic mass is 9.80. The first-order valence-electron chi connectivity index (χ1n) is 8.14. The van der Waals surface area contributed by atoms with Crippen LogP contribution in [0.3, 0.4) is 0 Å². The Kier molecular flexibility index (Phi) is 3.72. The van der Waals surface area contributed by atoms with Crippen molar-refractivity contribution in [2.24, 2.45) is 11.3 Å². The fourth-order valence-electron chi connectivity index (χ4n) is 3.55. The largest absolute Gasteiger partial charge is 0.493 e. The fraction of sp³-hybridized carbons (Fsp3) is 0.444. The van der Waals surface area contributed by atoms with Gasteiger partial charge in [0.1, 0.15) is 0 Å². The van der Waals surface area contributed by atoms with E-state index in [1.807, 2.05) is 23.6 Å². The van der Waals surface area contributed by atoms with Crippen LogP contribution in [0.2, 0.25) is 0 Å². The quantitative estimate of drug-likeness (QED) is 0.892. The normalized spacial score (nSPS) is 20.3. The van der Waals surface area contributed by atoms with Crippen molar-refractivity contribution in [3.8, 4) is 22.8 Å². The Labute approximate surface area is 145 Å². The molecule has 2 aliphatic rings. The summed E-state index contributed by atoms with van der Waals surface area (Å²) in [5.74, 6) is 1.67. The highest BCUT2D eigenvalue weighted by atomic mass is 32.1. The maximum Gasteiger partial charge on any atom is 0.229 e. The standard InChI is InChI=1S/C18H20N2O3S/c1-22-14-5-4-11(8-15(14)23-2)13-10-24-17(19-13)20-16(21)12-9-18(12)6-3-7-18/h4-5,8,10,12H,3,6-7,9H2,1-2H3,(H,19,20,21). The molecular weight excluding hydrogens is 324 g/mol. The summed E-state index contributed by atoms with van der Waals surface area (Å²) >= 11 is 1.45. The number of benzene rings is 1. The lowest BCUT2D eigenvalue weighted by Gasteiger charge is -2.26. The molecule has 2 fully saturated rings. The third-order valence-corrected chi connectivity index (χ3v) is 6.03. The zero-order chi connectivity index (χ0) is 16.7. The molecule has 0 saturated heterocycles. The molecule has 1 amide bonds. The van der Waals surface area contributed by atoms with Crippen LogP contribution in [0, 0.1) is 11.3 Å². The summed E-state index contributed by atoms with van der Waals surface area (Å²) in [5, 5.41) is 5.59. The number of methoxy groups -OCH3 is 2. The first-order valence-corrected chi connectivity index (χ1v) is 9.02. The summed E-state index contributed by atoms with van der Waals surface area (Å²) in [6.45, 7) is 0. The summed E-state index contributed by atoms with van der Waals surface area (Å²) in [7, 11) is 3.22. The van der Waals surface area contributed by atoms with Gasteiger partial charge in [0.15, 0.2) is 16.6 Å². The molecule has 0 aliphatic heterocycles. The Morgan fingerprint density at radius 1 is 1.29 bits per heavy atom. The molecule has 1 heterocycles. The molecule has 1 spiro atoms. The van der Waals surface area contributed by atoms with Gasteiger partial charge in [0.05, 0.1) is 19.9 Å². The molecule has 2 aromatic rings. The van der Waals surface area contributed by atoms with Crippen molar-refractivity contribution >= 4 is 22.4 Å². The number of amides is 1. The summed E-state index contributed by atoms with van der Waals surface area (Å²) in [5.41, 5.74) is 2.10. The Morgan fingerprint density at radius 2 is 2.08 bits per heavy atom. The van der Waals surface area contributed by atoms with Gasteiger partial charge in [0.25, 0.3) is 0 Å². The van der Waals surface area contributed by atoms with E-state index in [4.69, 9.17) is 9.47 Å².